The summed E-state index contributed by atoms with van der Waals surface area (Å²) in [4.78, 5) is 0. The summed E-state index contributed by atoms with van der Waals surface area (Å²) in [6.07, 6.45) is -23.4. The molecule has 0 N–H and O–H groups in total. The van der Waals surface area contributed by atoms with Gasteiger partial charge in [0.1, 0.15) is 29.5 Å². The standard InChI is InChI=1S/C7F15O6S3.Na/c8-2(9,10)5(17,18)29(23,24)1(30(25,26)6(19,20)3(11,12)13)31(27,28)7(21,22)4(14,15)16;/q-1;+1. The van der Waals surface area contributed by atoms with E-state index < -0.39 is 67.7 Å². The summed E-state index contributed by atoms with van der Waals surface area (Å²) in [6, 6.07) is 0. The van der Waals surface area contributed by atoms with E-state index in [1.807, 2.05) is 0 Å². The van der Waals surface area contributed by atoms with Crippen molar-refractivity contribution in [3.05, 3.63) is 3.91 Å². The first kappa shape index (κ1) is 34.0. The van der Waals surface area contributed by atoms with Gasteiger partial charge in [-0.2, -0.15) is 65.9 Å². The van der Waals surface area contributed by atoms with Crippen molar-refractivity contribution in [3.63, 3.8) is 0 Å². The third-order valence-electron chi connectivity index (χ3n) is 2.66. The molecule has 0 rings (SSSR count). The van der Waals surface area contributed by atoms with Crippen molar-refractivity contribution in [2.75, 3.05) is 0 Å². The minimum absolute atomic E-state index is 0. The zero-order valence-corrected chi connectivity index (χ0v) is 18.3. The van der Waals surface area contributed by atoms with Crippen molar-refractivity contribution in [3.8, 4) is 0 Å². The normalized spacial score (nSPS) is 16.1. The monoisotopic (exact) mass is 584 g/mol. The van der Waals surface area contributed by atoms with Gasteiger partial charge in [-0.15, -0.1) is 0 Å². The van der Waals surface area contributed by atoms with E-state index in [4.69, 9.17) is 0 Å². The van der Waals surface area contributed by atoms with Crippen LogP contribution in [-0.4, -0.2) is 59.5 Å². The van der Waals surface area contributed by atoms with Crippen LogP contribution in [0.4, 0.5) is 65.9 Å². The van der Waals surface area contributed by atoms with Crippen LogP contribution in [0.1, 0.15) is 0 Å². The van der Waals surface area contributed by atoms with Crippen LogP contribution in [0, 0.1) is 3.91 Å². The molecule has 0 bridgehead atoms. The molecule has 32 heavy (non-hydrogen) atoms. The minimum atomic E-state index is -9.24. The van der Waals surface area contributed by atoms with Crippen molar-refractivity contribution < 1.29 is 121 Å². The number of hydrogen-bond acceptors (Lipinski definition) is 6. The molecule has 0 aliphatic carbocycles. The number of hydrogen-bond donors (Lipinski definition) is 0. The van der Waals surface area contributed by atoms with E-state index >= 15 is 0 Å². The molecular weight excluding hydrogens is 584 g/mol. The van der Waals surface area contributed by atoms with Gasteiger partial charge in [-0.25, -0.2) is 0 Å². The number of rotatable bonds is 6. The molecule has 0 saturated carbocycles. The molecular formula is C7F15NaO6S3. The summed E-state index contributed by atoms with van der Waals surface area (Å²) in [5.74, 6) is 0. The number of alkyl halides is 15. The Morgan fingerprint density at radius 1 is 0.375 bits per heavy atom. The van der Waals surface area contributed by atoms with Crippen molar-refractivity contribution in [1.29, 1.82) is 0 Å². The molecule has 0 fully saturated rings. The van der Waals surface area contributed by atoms with Gasteiger partial charge in [0.25, 0.3) is 0 Å². The summed E-state index contributed by atoms with van der Waals surface area (Å²) < 4.78 is 249. The van der Waals surface area contributed by atoms with Crippen molar-refractivity contribution >= 4 is 29.5 Å². The van der Waals surface area contributed by atoms with Crippen LogP contribution in [0.2, 0.25) is 0 Å². The Hall–Kier alpha value is -0.200. The smallest absolute Gasteiger partial charge is 0.254 e. The second-order valence-corrected chi connectivity index (χ2v) is 11.4. The molecule has 0 heterocycles. The molecule has 0 atom stereocenters. The third-order valence-corrected chi connectivity index (χ3v) is 10.6. The molecule has 0 unspecified atom stereocenters. The predicted octanol–water partition coefficient (Wildman–Crippen LogP) is 0.147. The van der Waals surface area contributed by atoms with Gasteiger partial charge in [-0.05, 0) is 0 Å². The van der Waals surface area contributed by atoms with E-state index in [1.165, 1.54) is 0 Å². The summed E-state index contributed by atoms with van der Waals surface area (Å²) in [7, 11) is -27.7. The largest absolute Gasteiger partial charge is 1.00 e. The average Bonchev–Trinajstić information content (AvgIpc) is 2.41. The van der Waals surface area contributed by atoms with E-state index in [9.17, 15) is 91.1 Å². The molecule has 0 aromatic rings. The zero-order valence-electron chi connectivity index (χ0n) is 13.8. The van der Waals surface area contributed by atoms with Crippen molar-refractivity contribution in [2.24, 2.45) is 0 Å². The summed E-state index contributed by atoms with van der Waals surface area (Å²) in [6.45, 7) is 0. The van der Waals surface area contributed by atoms with Gasteiger partial charge in [-0.3, -0.25) is 25.3 Å². The van der Waals surface area contributed by atoms with Crippen LogP contribution in [0.25, 0.3) is 0 Å². The Morgan fingerprint density at radius 3 is 0.594 bits per heavy atom. The van der Waals surface area contributed by atoms with Crippen molar-refractivity contribution in [2.45, 2.75) is 34.3 Å². The Bertz CT molecular complexity index is 884. The zero-order chi connectivity index (χ0) is 26.1. The first-order valence-electron chi connectivity index (χ1n) is 5.81. The molecule has 0 amide bonds. The molecule has 0 aliphatic rings. The maximum Gasteiger partial charge on any atom is 1.00 e. The van der Waals surface area contributed by atoms with Gasteiger partial charge < -0.3 is 0 Å². The maximum atomic E-state index is 13.1. The SMILES string of the molecule is O=S(=O)([C-](S(=O)(=O)C(F)(F)C(F)(F)F)S(=O)(=O)C(F)(F)C(F)(F)F)C(F)(F)C(F)(F)F.[Na+]. The summed E-state index contributed by atoms with van der Waals surface area (Å²) >= 11 is 0. The number of sulfone groups is 3. The maximum absolute atomic E-state index is 13.1. The molecule has 0 saturated heterocycles. The number of halogens is 15. The summed E-state index contributed by atoms with van der Waals surface area (Å²) in [5.41, 5.74) is 0. The van der Waals surface area contributed by atoms with E-state index in [2.05, 4.69) is 0 Å². The Kier molecular flexibility index (Phi) is 9.00. The van der Waals surface area contributed by atoms with Crippen LogP contribution in [0.3, 0.4) is 0 Å². The molecule has 0 aliphatic heterocycles. The fourth-order valence-electron chi connectivity index (χ4n) is 1.20. The minimum Gasteiger partial charge on any atom is -0.254 e. The van der Waals surface area contributed by atoms with Gasteiger partial charge in [0.2, 0.25) is 0 Å². The van der Waals surface area contributed by atoms with E-state index in [0.717, 1.165) is 0 Å². The Labute approximate surface area is 188 Å². The fraction of sp³-hybridized carbons (Fsp3) is 0.857. The van der Waals surface area contributed by atoms with Crippen LogP contribution in [-0.2, 0) is 29.5 Å². The molecule has 25 heteroatoms. The summed E-state index contributed by atoms with van der Waals surface area (Å²) in [5, 5.41) is -24.2. The van der Waals surface area contributed by atoms with Crippen LogP contribution < -0.4 is 29.6 Å². The van der Waals surface area contributed by atoms with Crippen molar-refractivity contribution in [1.82, 2.24) is 0 Å². The first-order valence-corrected chi connectivity index (χ1v) is 10.3. The molecule has 0 aromatic carbocycles. The van der Waals surface area contributed by atoms with Gasteiger partial charge in [0.05, 0.1) is 3.91 Å². The van der Waals surface area contributed by atoms with Crippen LogP contribution in [0.15, 0.2) is 0 Å². The molecule has 0 aromatic heterocycles. The quantitative estimate of drug-likeness (QED) is 0.251. The van der Waals surface area contributed by atoms with Crippen LogP contribution >= 0.6 is 0 Å². The Balaban J connectivity index is 0. The van der Waals surface area contributed by atoms with Gasteiger partial charge >= 0.3 is 63.8 Å². The topological polar surface area (TPSA) is 102 Å². The molecule has 0 radical (unpaired) electrons. The van der Waals surface area contributed by atoms with Crippen LogP contribution in [0.5, 0.6) is 0 Å². The van der Waals surface area contributed by atoms with Gasteiger partial charge in [0, 0.05) is 0 Å². The fourth-order valence-corrected chi connectivity index (χ4v) is 8.10. The molecule has 6 nitrogen and oxygen atoms in total. The Morgan fingerprint density at radius 2 is 0.500 bits per heavy atom. The molecule has 0 spiro atoms. The average molecular weight is 584 g/mol. The van der Waals surface area contributed by atoms with Gasteiger partial charge in [-0.1, -0.05) is 0 Å². The predicted molar refractivity (Wildman–Crippen MR) is 63.0 cm³/mol. The third kappa shape index (κ3) is 4.79. The van der Waals surface area contributed by atoms with E-state index in [1.54, 1.807) is 0 Å². The second kappa shape index (κ2) is 8.48. The second-order valence-electron chi connectivity index (χ2n) is 4.80. The van der Waals surface area contributed by atoms with Gasteiger partial charge in [0.15, 0.2) is 0 Å². The van der Waals surface area contributed by atoms with E-state index in [0.29, 0.717) is 0 Å². The first-order chi connectivity index (χ1) is 12.9. The molecule has 188 valence electrons. The van der Waals surface area contributed by atoms with E-state index in [-0.39, 0.29) is 29.6 Å².